The summed E-state index contributed by atoms with van der Waals surface area (Å²) in [6.07, 6.45) is 8.02. The number of carboxylic acids is 1. The molecule has 1 amide bonds. The molecule has 1 rings (SSSR count). The first-order valence-corrected chi connectivity index (χ1v) is 10.6. The lowest BCUT2D eigenvalue weighted by Gasteiger charge is -2.27. The first kappa shape index (κ1) is 24.4. The Bertz CT molecular complexity index is 500. The maximum absolute atomic E-state index is 12.7. The molecule has 0 aromatic rings. The summed E-state index contributed by atoms with van der Waals surface area (Å²) >= 11 is 0. The van der Waals surface area contributed by atoms with Crippen molar-refractivity contribution in [2.24, 2.45) is 5.73 Å². The number of unbranched alkanes of at least 4 members (excludes halogenated alkanes) is 5. The van der Waals surface area contributed by atoms with Gasteiger partial charge in [-0.15, -0.1) is 0 Å². The van der Waals surface area contributed by atoms with Crippen molar-refractivity contribution < 1.29 is 24.2 Å². The molecule has 0 spiro atoms. The van der Waals surface area contributed by atoms with E-state index in [2.05, 4.69) is 5.32 Å². The zero-order chi connectivity index (χ0) is 20.9. The Morgan fingerprint density at radius 1 is 1.18 bits per heavy atom. The van der Waals surface area contributed by atoms with E-state index in [0.29, 0.717) is 25.8 Å². The van der Waals surface area contributed by atoms with Gasteiger partial charge in [0.1, 0.15) is 12.1 Å². The van der Waals surface area contributed by atoms with Crippen LogP contribution in [0.3, 0.4) is 0 Å². The van der Waals surface area contributed by atoms with Crippen LogP contribution in [-0.2, 0) is 19.1 Å². The molecular formula is C20H37N3O5. The molecule has 0 radical (unpaired) electrons. The molecular weight excluding hydrogens is 362 g/mol. The Kier molecular flexibility index (Phi) is 11.7. The largest absolute Gasteiger partial charge is 0.480 e. The lowest BCUT2D eigenvalue weighted by atomic mass is 10.0. The van der Waals surface area contributed by atoms with Crippen molar-refractivity contribution in [2.45, 2.75) is 89.8 Å². The Labute approximate surface area is 168 Å². The SMILES string of the molecule is CCOC(=O)[C@@H](CCCCCCCCN)N[C@@H](C)C(=O)N1CCC[C@H]1C(=O)O. The highest BCUT2D eigenvalue weighted by Gasteiger charge is 2.36. The number of carboxylic acid groups (broad SMARTS) is 1. The molecule has 1 heterocycles. The molecule has 0 bridgehead atoms. The van der Waals surface area contributed by atoms with Crippen molar-refractivity contribution in [3.8, 4) is 0 Å². The van der Waals surface area contributed by atoms with Crippen LogP contribution in [-0.4, -0.2) is 65.7 Å². The van der Waals surface area contributed by atoms with Crippen LogP contribution >= 0.6 is 0 Å². The number of amides is 1. The van der Waals surface area contributed by atoms with Gasteiger partial charge in [0.05, 0.1) is 12.6 Å². The molecule has 0 aromatic carbocycles. The number of nitrogens with one attached hydrogen (secondary N) is 1. The molecule has 162 valence electrons. The van der Waals surface area contributed by atoms with E-state index in [4.69, 9.17) is 10.5 Å². The van der Waals surface area contributed by atoms with Gasteiger partial charge < -0.3 is 20.5 Å². The van der Waals surface area contributed by atoms with E-state index >= 15 is 0 Å². The third-order valence-corrected chi connectivity index (χ3v) is 5.16. The molecule has 0 unspecified atom stereocenters. The highest BCUT2D eigenvalue weighted by atomic mass is 16.5. The number of likely N-dealkylation sites (tertiary alicyclic amines) is 1. The van der Waals surface area contributed by atoms with Crippen molar-refractivity contribution in [3.05, 3.63) is 0 Å². The average Bonchev–Trinajstić information content (AvgIpc) is 3.15. The van der Waals surface area contributed by atoms with Crippen LogP contribution in [0, 0.1) is 0 Å². The molecule has 4 N–H and O–H groups in total. The van der Waals surface area contributed by atoms with E-state index < -0.39 is 24.1 Å². The molecule has 0 aromatic heterocycles. The molecule has 1 aliphatic rings. The van der Waals surface area contributed by atoms with E-state index in [1.807, 2.05) is 0 Å². The van der Waals surface area contributed by atoms with Crippen LogP contribution in [0.1, 0.15) is 71.6 Å². The number of hydrogen-bond donors (Lipinski definition) is 3. The molecule has 1 saturated heterocycles. The van der Waals surface area contributed by atoms with Crippen molar-refractivity contribution in [1.82, 2.24) is 10.2 Å². The molecule has 3 atom stereocenters. The minimum Gasteiger partial charge on any atom is -0.480 e. The lowest BCUT2D eigenvalue weighted by Crippen LogP contribution is -2.53. The van der Waals surface area contributed by atoms with Gasteiger partial charge in [-0.25, -0.2) is 4.79 Å². The van der Waals surface area contributed by atoms with Gasteiger partial charge in [0.25, 0.3) is 0 Å². The summed E-state index contributed by atoms with van der Waals surface area (Å²) in [5, 5.41) is 12.4. The second-order valence-electron chi connectivity index (χ2n) is 7.42. The third-order valence-electron chi connectivity index (χ3n) is 5.16. The predicted molar refractivity (Wildman–Crippen MR) is 107 cm³/mol. The highest BCUT2D eigenvalue weighted by molar-refractivity contribution is 5.88. The van der Waals surface area contributed by atoms with Crippen LogP contribution in [0.25, 0.3) is 0 Å². The maximum atomic E-state index is 12.7. The van der Waals surface area contributed by atoms with Gasteiger partial charge in [0.15, 0.2) is 0 Å². The third kappa shape index (κ3) is 8.14. The van der Waals surface area contributed by atoms with Crippen LogP contribution in [0.5, 0.6) is 0 Å². The molecule has 1 aliphatic heterocycles. The first-order valence-electron chi connectivity index (χ1n) is 10.6. The fourth-order valence-electron chi connectivity index (χ4n) is 3.62. The summed E-state index contributed by atoms with van der Waals surface area (Å²) in [6, 6.07) is -1.97. The van der Waals surface area contributed by atoms with Crippen molar-refractivity contribution in [1.29, 1.82) is 0 Å². The van der Waals surface area contributed by atoms with E-state index in [1.165, 1.54) is 4.90 Å². The topological polar surface area (TPSA) is 122 Å². The van der Waals surface area contributed by atoms with E-state index in [-0.39, 0.29) is 18.5 Å². The predicted octanol–water partition coefficient (Wildman–Crippen LogP) is 1.66. The molecule has 0 saturated carbocycles. The van der Waals surface area contributed by atoms with E-state index in [1.54, 1.807) is 13.8 Å². The number of nitrogens with two attached hydrogens (primary N) is 1. The fraction of sp³-hybridized carbons (Fsp3) is 0.850. The molecule has 8 nitrogen and oxygen atoms in total. The summed E-state index contributed by atoms with van der Waals surface area (Å²) in [5.74, 6) is -1.61. The zero-order valence-electron chi connectivity index (χ0n) is 17.3. The summed E-state index contributed by atoms with van der Waals surface area (Å²) in [7, 11) is 0. The Morgan fingerprint density at radius 2 is 1.82 bits per heavy atom. The number of esters is 1. The van der Waals surface area contributed by atoms with Crippen molar-refractivity contribution in [3.63, 3.8) is 0 Å². The normalized spacial score (nSPS) is 18.7. The van der Waals surface area contributed by atoms with Gasteiger partial charge in [-0.05, 0) is 46.1 Å². The Morgan fingerprint density at radius 3 is 2.43 bits per heavy atom. The molecule has 8 heteroatoms. The average molecular weight is 400 g/mol. The van der Waals surface area contributed by atoms with Crippen molar-refractivity contribution in [2.75, 3.05) is 19.7 Å². The maximum Gasteiger partial charge on any atom is 0.326 e. The number of rotatable bonds is 14. The monoisotopic (exact) mass is 399 g/mol. The van der Waals surface area contributed by atoms with Crippen LogP contribution in [0.15, 0.2) is 0 Å². The van der Waals surface area contributed by atoms with Crippen LogP contribution in [0.4, 0.5) is 0 Å². The van der Waals surface area contributed by atoms with Gasteiger partial charge in [-0.2, -0.15) is 0 Å². The standard InChI is InChI=1S/C20H37N3O5/c1-3-28-20(27)16(11-8-6-4-5-7-9-13-21)22-15(2)18(24)23-14-10-12-17(23)19(25)26/h15-17,22H,3-14,21H2,1-2H3,(H,25,26)/t15-,16+,17-/m0/s1. The van der Waals surface area contributed by atoms with Gasteiger partial charge in [0, 0.05) is 6.54 Å². The van der Waals surface area contributed by atoms with E-state index in [0.717, 1.165) is 45.1 Å². The highest BCUT2D eigenvalue weighted by Crippen LogP contribution is 2.19. The molecule has 1 fully saturated rings. The summed E-state index contributed by atoms with van der Waals surface area (Å²) in [5.41, 5.74) is 5.49. The van der Waals surface area contributed by atoms with Gasteiger partial charge in [0.2, 0.25) is 5.91 Å². The summed E-state index contributed by atoms with van der Waals surface area (Å²) in [4.78, 5) is 37.7. The zero-order valence-corrected chi connectivity index (χ0v) is 17.3. The number of carbonyl (C=O) groups excluding carboxylic acids is 2. The first-order chi connectivity index (χ1) is 13.4. The lowest BCUT2D eigenvalue weighted by molar-refractivity contribution is -0.150. The second kappa shape index (κ2) is 13.5. The van der Waals surface area contributed by atoms with Gasteiger partial charge >= 0.3 is 11.9 Å². The Hall–Kier alpha value is -1.67. The summed E-state index contributed by atoms with van der Waals surface area (Å²) in [6.45, 7) is 4.88. The molecule has 28 heavy (non-hydrogen) atoms. The van der Waals surface area contributed by atoms with E-state index in [9.17, 15) is 19.5 Å². The van der Waals surface area contributed by atoms with Gasteiger partial charge in [-0.1, -0.05) is 32.1 Å². The minimum atomic E-state index is -0.977. The van der Waals surface area contributed by atoms with Crippen LogP contribution in [0.2, 0.25) is 0 Å². The smallest absolute Gasteiger partial charge is 0.326 e. The number of aliphatic carboxylic acids is 1. The van der Waals surface area contributed by atoms with Crippen molar-refractivity contribution >= 4 is 17.8 Å². The summed E-state index contributed by atoms with van der Waals surface area (Å²) < 4.78 is 5.15. The fourth-order valence-corrected chi connectivity index (χ4v) is 3.62. The number of carbonyl (C=O) groups is 3. The quantitative estimate of drug-likeness (QED) is 0.300. The van der Waals surface area contributed by atoms with Crippen LogP contribution < -0.4 is 11.1 Å². The number of hydrogen-bond acceptors (Lipinski definition) is 6. The minimum absolute atomic E-state index is 0.277. The second-order valence-corrected chi connectivity index (χ2v) is 7.42. The number of nitrogens with zero attached hydrogens (tertiary/aromatic N) is 1. The molecule has 0 aliphatic carbocycles. The van der Waals surface area contributed by atoms with Gasteiger partial charge in [-0.3, -0.25) is 14.9 Å². The number of ether oxygens (including phenoxy) is 1. The Balaban J connectivity index is 2.53.